The van der Waals surface area contributed by atoms with Crippen LogP contribution < -0.4 is 4.74 Å². The number of ether oxygens (including phenoxy) is 1. The van der Waals surface area contributed by atoms with Gasteiger partial charge in [-0.15, -0.1) is 0 Å². The molecule has 5 nitrogen and oxygen atoms in total. The number of benzene rings is 2. The van der Waals surface area contributed by atoms with Crippen LogP contribution in [-0.2, 0) is 0 Å². The molecule has 0 saturated carbocycles. The number of hydrogen-bond acceptors (Lipinski definition) is 3. The van der Waals surface area contributed by atoms with Crippen molar-refractivity contribution in [3.8, 4) is 16.9 Å². The molecule has 20 heavy (non-hydrogen) atoms. The fourth-order valence-corrected chi connectivity index (χ4v) is 1.87. The number of rotatable bonds is 4. The Labute approximate surface area is 115 Å². The van der Waals surface area contributed by atoms with Gasteiger partial charge in [0.1, 0.15) is 5.75 Å². The van der Waals surface area contributed by atoms with E-state index in [0.717, 1.165) is 0 Å². The van der Waals surface area contributed by atoms with Crippen molar-refractivity contribution >= 4 is 11.9 Å². The minimum absolute atomic E-state index is 0.133. The van der Waals surface area contributed by atoms with Crippen LogP contribution in [0.3, 0.4) is 0 Å². The Kier molecular flexibility index (Phi) is 3.70. The molecule has 0 spiro atoms. The molecule has 102 valence electrons. The van der Waals surface area contributed by atoms with Crippen molar-refractivity contribution in [2.75, 3.05) is 7.11 Å². The summed E-state index contributed by atoms with van der Waals surface area (Å²) in [7, 11) is 1.49. The molecule has 0 aliphatic carbocycles. The smallest absolute Gasteiger partial charge is 0.336 e. The first kappa shape index (κ1) is 13.6. The van der Waals surface area contributed by atoms with Crippen LogP contribution >= 0.6 is 0 Å². The number of carboxylic acids is 2. The summed E-state index contributed by atoms with van der Waals surface area (Å²) in [4.78, 5) is 22.0. The van der Waals surface area contributed by atoms with Gasteiger partial charge in [-0.05, 0) is 41.5 Å². The van der Waals surface area contributed by atoms with Gasteiger partial charge in [-0.1, -0.05) is 12.1 Å². The highest BCUT2D eigenvalue weighted by molar-refractivity contribution is 5.97. The second kappa shape index (κ2) is 5.44. The van der Waals surface area contributed by atoms with E-state index in [-0.39, 0.29) is 11.1 Å². The number of methoxy groups -OCH3 is 1. The van der Waals surface area contributed by atoms with Gasteiger partial charge in [0.2, 0.25) is 0 Å². The Hall–Kier alpha value is -2.82. The topological polar surface area (TPSA) is 83.8 Å². The van der Waals surface area contributed by atoms with Gasteiger partial charge in [-0.3, -0.25) is 0 Å². The molecule has 0 aromatic heterocycles. The summed E-state index contributed by atoms with van der Waals surface area (Å²) in [5.74, 6) is -1.54. The largest absolute Gasteiger partial charge is 0.497 e. The van der Waals surface area contributed by atoms with Crippen molar-refractivity contribution in [2.45, 2.75) is 0 Å². The zero-order valence-electron chi connectivity index (χ0n) is 10.7. The molecule has 0 saturated heterocycles. The molecule has 0 unspecified atom stereocenters. The van der Waals surface area contributed by atoms with Gasteiger partial charge in [-0.2, -0.15) is 0 Å². The third-order valence-corrected chi connectivity index (χ3v) is 2.90. The second-order valence-electron chi connectivity index (χ2n) is 4.10. The van der Waals surface area contributed by atoms with E-state index in [1.54, 1.807) is 24.3 Å². The van der Waals surface area contributed by atoms with Crippen molar-refractivity contribution in [3.63, 3.8) is 0 Å². The maximum absolute atomic E-state index is 11.2. The molecule has 2 aromatic carbocycles. The van der Waals surface area contributed by atoms with Gasteiger partial charge in [0.05, 0.1) is 18.2 Å². The van der Waals surface area contributed by atoms with E-state index < -0.39 is 11.9 Å². The molecule has 0 aliphatic heterocycles. The Balaban J connectivity index is 2.54. The molecule has 2 aromatic rings. The van der Waals surface area contributed by atoms with E-state index in [1.165, 1.54) is 25.3 Å². The summed E-state index contributed by atoms with van der Waals surface area (Å²) in [6, 6.07) is 10.7. The van der Waals surface area contributed by atoms with Gasteiger partial charge in [0, 0.05) is 0 Å². The zero-order valence-corrected chi connectivity index (χ0v) is 10.7. The molecule has 2 rings (SSSR count). The van der Waals surface area contributed by atoms with Crippen LogP contribution in [0.5, 0.6) is 5.75 Å². The maximum atomic E-state index is 11.2. The predicted octanol–water partition coefficient (Wildman–Crippen LogP) is 2.76. The summed E-state index contributed by atoms with van der Waals surface area (Å²) < 4.78 is 5.09. The first-order valence-corrected chi connectivity index (χ1v) is 5.78. The average Bonchev–Trinajstić information content (AvgIpc) is 2.46. The van der Waals surface area contributed by atoms with Crippen LogP contribution in [0.4, 0.5) is 0 Å². The number of hydrogen-bond donors (Lipinski definition) is 2. The molecule has 0 radical (unpaired) electrons. The molecule has 2 N–H and O–H groups in total. The van der Waals surface area contributed by atoms with Gasteiger partial charge in [-0.25, -0.2) is 9.59 Å². The van der Waals surface area contributed by atoms with E-state index in [9.17, 15) is 14.7 Å². The quantitative estimate of drug-likeness (QED) is 0.894. The normalized spacial score (nSPS) is 10.1. The lowest BCUT2D eigenvalue weighted by Crippen LogP contribution is -2.01. The second-order valence-corrected chi connectivity index (χ2v) is 4.10. The summed E-state index contributed by atoms with van der Waals surface area (Å²) in [6.45, 7) is 0. The van der Waals surface area contributed by atoms with Crippen molar-refractivity contribution in [3.05, 3.63) is 53.6 Å². The molecule has 0 heterocycles. The first-order valence-electron chi connectivity index (χ1n) is 5.78. The third-order valence-electron chi connectivity index (χ3n) is 2.90. The van der Waals surface area contributed by atoms with E-state index in [0.29, 0.717) is 16.9 Å². The average molecular weight is 272 g/mol. The number of carboxylic acid groups (broad SMARTS) is 2. The highest BCUT2D eigenvalue weighted by Gasteiger charge is 2.13. The first-order chi connectivity index (χ1) is 9.52. The standard InChI is InChI=1S/C15H12O5/c1-20-11-6-7-12(15(18)19)13(8-11)9-2-4-10(5-3-9)14(16)17/h2-8H,1H3,(H,16,17)(H,18,19). The highest BCUT2D eigenvalue weighted by Crippen LogP contribution is 2.28. The number of carbonyl (C=O) groups is 2. The van der Waals surface area contributed by atoms with Crippen LogP contribution in [0.15, 0.2) is 42.5 Å². The molecule has 0 atom stereocenters. The number of aromatic carboxylic acids is 2. The molecule has 0 amide bonds. The summed E-state index contributed by atoms with van der Waals surface area (Å²) in [5, 5.41) is 18.1. The Bertz CT molecular complexity index is 658. The van der Waals surface area contributed by atoms with E-state index in [1.807, 2.05) is 0 Å². The lowest BCUT2D eigenvalue weighted by Gasteiger charge is -2.09. The van der Waals surface area contributed by atoms with E-state index in [4.69, 9.17) is 9.84 Å². The van der Waals surface area contributed by atoms with Gasteiger partial charge in [0.15, 0.2) is 0 Å². The highest BCUT2D eigenvalue weighted by atomic mass is 16.5. The molecule has 5 heteroatoms. The van der Waals surface area contributed by atoms with Crippen molar-refractivity contribution < 1.29 is 24.5 Å². The molecule has 0 bridgehead atoms. The molecule has 0 fully saturated rings. The van der Waals surface area contributed by atoms with Crippen LogP contribution in [0.25, 0.3) is 11.1 Å². The van der Waals surface area contributed by atoms with Crippen molar-refractivity contribution in [2.24, 2.45) is 0 Å². The van der Waals surface area contributed by atoms with Gasteiger partial charge in [0.25, 0.3) is 0 Å². The summed E-state index contributed by atoms with van der Waals surface area (Å²) >= 11 is 0. The Morgan fingerprint density at radius 3 is 2.10 bits per heavy atom. The lowest BCUT2D eigenvalue weighted by atomic mass is 9.98. The van der Waals surface area contributed by atoms with Gasteiger partial charge < -0.3 is 14.9 Å². The molecule has 0 aliphatic rings. The SMILES string of the molecule is COc1ccc(C(=O)O)c(-c2ccc(C(=O)O)cc2)c1. The lowest BCUT2D eigenvalue weighted by molar-refractivity contribution is 0.0686. The minimum Gasteiger partial charge on any atom is -0.497 e. The monoisotopic (exact) mass is 272 g/mol. The van der Waals surface area contributed by atoms with E-state index >= 15 is 0 Å². The van der Waals surface area contributed by atoms with Crippen molar-refractivity contribution in [1.82, 2.24) is 0 Å². The van der Waals surface area contributed by atoms with Crippen molar-refractivity contribution in [1.29, 1.82) is 0 Å². The maximum Gasteiger partial charge on any atom is 0.336 e. The van der Waals surface area contributed by atoms with Crippen LogP contribution in [0.1, 0.15) is 20.7 Å². The summed E-state index contributed by atoms with van der Waals surface area (Å²) in [5.41, 5.74) is 1.38. The van der Waals surface area contributed by atoms with Crippen LogP contribution in [0.2, 0.25) is 0 Å². The molecular weight excluding hydrogens is 260 g/mol. The Morgan fingerprint density at radius 1 is 0.950 bits per heavy atom. The molecular formula is C15H12O5. The van der Waals surface area contributed by atoms with Crippen LogP contribution in [0, 0.1) is 0 Å². The van der Waals surface area contributed by atoms with E-state index in [2.05, 4.69) is 0 Å². The van der Waals surface area contributed by atoms with Crippen LogP contribution in [-0.4, -0.2) is 29.3 Å². The third kappa shape index (κ3) is 2.61. The Morgan fingerprint density at radius 2 is 1.60 bits per heavy atom. The zero-order chi connectivity index (χ0) is 14.7. The minimum atomic E-state index is -1.05. The fourth-order valence-electron chi connectivity index (χ4n) is 1.87. The summed E-state index contributed by atoms with van der Waals surface area (Å²) in [6.07, 6.45) is 0. The van der Waals surface area contributed by atoms with Gasteiger partial charge >= 0.3 is 11.9 Å². The predicted molar refractivity (Wildman–Crippen MR) is 72.3 cm³/mol. The fraction of sp³-hybridized carbons (Fsp3) is 0.0667.